The van der Waals surface area contributed by atoms with Crippen LogP contribution in [0.2, 0.25) is 0 Å². The first-order valence-electron chi connectivity index (χ1n) is 6.54. The van der Waals surface area contributed by atoms with E-state index in [1.807, 2.05) is 18.2 Å². The molecule has 2 aliphatic heterocycles. The second-order valence-corrected chi connectivity index (χ2v) is 6.31. The summed E-state index contributed by atoms with van der Waals surface area (Å²) in [6, 6.07) is 12.3. The highest BCUT2D eigenvalue weighted by atomic mass is 79.9. The van der Waals surface area contributed by atoms with E-state index < -0.39 is 0 Å². The maximum absolute atomic E-state index is 6.07. The molecule has 0 unspecified atom stereocenters. The number of methoxy groups -OCH3 is 1. The molecule has 4 heteroatoms. The van der Waals surface area contributed by atoms with E-state index in [0.29, 0.717) is 0 Å². The van der Waals surface area contributed by atoms with Crippen molar-refractivity contribution in [2.45, 2.75) is 18.6 Å². The lowest BCUT2D eigenvalue weighted by molar-refractivity contribution is 0.217. The Labute approximate surface area is 126 Å². The molecule has 1 N–H and O–H groups in total. The Bertz CT molecular complexity index is 716. The molecule has 0 aliphatic carbocycles. The molecule has 0 saturated heterocycles. The molecule has 4 rings (SSSR count). The first-order chi connectivity index (χ1) is 9.62. The quantitative estimate of drug-likeness (QED) is 0.859. The Morgan fingerprint density at radius 2 is 2.05 bits per heavy atom. The van der Waals surface area contributed by atoms with Crippen molar-refractivity contribution in [3.8, 4) is 11.5 Å². The zero-order valence-corrected chi connectivity index (χ0v) is 12.8. The molecule has 0 amide bonds. The number of ether oxygens (including phenoxy) is 2. The second-order valence-electron chi connectivity index (χ2n) is 5.40. The summed E-state index contributed by atoms with van der Waals surface area (Å²) < 4.78 is 12.5. The highest BCUT2D eigenvalue weighted by Gasteiger charge is 2.52. The van der Waals surface area contributed by atoms with Crippen LogP contribution in [0.4, 0.5) is 5.69 Å². The standard InChI is InChI=1S/C16H14BrNO2/c1-16-11-7-9(17)3-5-13(11)18-15(16)20-14-6-4-10(19-2)8-12(14)16/h3-8,15,18H,1-2H3/t15-,16+/m1/s1. The van der Waals surface area contributed by atoms with Gasteiger partial charge >= 0.3 is 0 Å². The van der Waals surface area contributed by atoms with Gasteiger partial charge in [-0.15, -0.1) is 0 Å². The molecule has 2 aliphatic rings. The Balaban J connectivity index is 1.96. The first kappa shape index (κ1) is 12.1. The van der Waals surface area contributed by atoms with Gasteiger partial charge in [-0.2, -0.15) is 0 Å². The number of fused-ring (bicyclic) bond motifs is 5. The molecule has 0 spiro atoms. The fourth-order valence-corrected chi connectivity index (χ4v) is 3.57. The molecular weight excluding hydrogens is 318 g/mol. The maximum atomic E-state index is 6.07. The number of hydrogen-bond acceptors (Lipinski definition) is 3. The lowest BCUT2D eigenvalue weighted by Crippen LogP contribution is -2.35. The summed E-state index contributed by atoms with van der Waals surface area (Å²) >= 11 is 3.56. The molecule has 102 valence electrons. The highest BCUT2D eigenvalue weighted by molar-refractivity contribution is 9.10. The summed E-state index contributed by atoms with van der Waals surface area (Å²) in [7, 11) is 1.69. The van der Waals surface area contributed by atoms with Crippen LogP contribution in [0.25, 0.3) is 0 Å². The van der Waals surface area contributed by atoms with E-state index in [4.69, 9.17) is 9.47 Å². The lowest BCUT2D eigenvalue weighted by atomic mass is 9.78. The maximum Gasteiger partial charge on any atom is 0.183 e. The predicted molar refractivity (Wildman–Crippen MR) is 81.6 cm³/mol. The molecule has 0 radical (unpaired) electrons. The molecule has 2 aromatic rings. The van der Waals surface area contributed by atoms with Crippen molar-refractivity contribution in [2.75, 3.05) is 12.4 Å². The monoisotopic (exact) mass is 331 g/mol. The van der Waals surface area contributed by atoms with Crippen molar-refractivity contribution in [3.05, 3.63) is 52.0 Å². The number of hydrogen-bond donors (Lipinski definition) is 1. The van der Waals surface area contributed by atoms with Gasteiger partial charge in [-0.05, 0) is 48.9 Å². The fourth-order valence-electron chi connectivity index (χ4n) is 3.20. The topological polar surface area (TPSA) is 30.5 Å². The lowest BCUT2D eigenvalue weighted by Gasteiger charge is -2.23. The van der Waals surface area contributed by atoms with E-state index in [1.165, 1.54) is 11.1 Å². The van der Waals surface area contributed by atoms with Crippen molar-refractivity contribution >= 4 is 21.6 Å². The van der Waals surface area contributed by atoms with Gasteiger partial charge in [0.05, 0.1) is 12.5 Å². The van der Waals surface area contributed by atoms with Crippen LogP contribution in [0.5, 0.6) is 11.5 Å². The fraction of sp³-hybridized carbons (Fsp3) is 0.250. The summed E-state index contributed by atoms with van der Waals surface area (Å²) in [6.45, 7) is 2.22. The van der Waals surface area contributed by atoms with Crippen LogP contribution in [0.3, 0.4) is 0 Å². The molecule has 2 aromatic carbocycles. The van der Waals surface area contributed by atoms with E-state index in [2.05, 4.69) is 46.4 Å². The molecule has 0 bridgehead atoms. The Morgan fingerprint density at radius 1 is 1.20 bits per heavy atom. The smallest absolute Gasteiger partial charge is 0.183 e. The number of halogens is 1. The molecule has 3 nitrogen and oxygen atoms in total. The van der Waals surface area contributed by atoms with Gasteiger partial charge in [0, 0.05) is 15.7 Å². The van der Waals surface area contributed by atoms with E-state index in [9.17, 15) is 0 Å². The van der Waals surface area contributed by atoms with Gasteiger partial charge in [-0.3, -0.25) is 0 Å². The molecule has 2 heterocycles. The van der Waals surface area contributed by atoms with Crippen LogP contribution in [0.1, 0.15) is 18.1 Å². The van der Waals surface area contributed by atoms with Gasteiger partial charge in [0.15, 0.2) is 6.23 Å². The van der Waals surface area contributed by atoms with Gasteiger partial charge < -0.3 is 14.8 Å². The number of benzene rings is 2. The van der Waals surface area contributed by atoms with Crippen LogP contribution >= 0.6 is 15.9 Å². The van der Waals surface area contributed by atoms with Crippen LogP contribution in [-0.2, 0) is 5.41 Å². The molecule has 0 fully saturated rings. The first-order valence-corrected chi connectivity index (χ1v) is 7.34. The number of anilines is 1. The van der Waals surface area contributed by atoms with Gasteiger partial charge in [0.2, 0.25) is 0 Å². The summed E-state index contributed by atoms with van der Waals surface area (Å²) in [5, 5.41) is 3.46. The third kappa shape index (κ3) is 1.40. The van der Waals surface area contributed by atoms with Crippen molar-refractivity contribution in [3.63, 3.8) is 0 Å². The number of nitrogens with one attached hydrogen (secondary N) is 1. The summed E-state index contributed by atoms with van der Waals surface area (Å²) in [5.74, 6) is 1.79. The molecule has 0 aromatic heterocycles. The largest absolute Gasteiger partial charge is 0.497 e. The van der Waals surface area contributed by atoms with Crippen molar-refractivity contribution < 1.29 is 9.47 Å². The Kier molecular flexibility index (Phi) is 2.37. The van der Waals surface area contributed by atoms with E-state index in [-0.39, 0.29) is 11.6 Å². The predicted octanol–water partition coefficient (Wildman–Crippen LogP) is 3.91. The average molecular weight is 332 g/mol. The van der Waals surface area contributed by atoms with Crippen molar-refractivity contribution in [1.29, 1.82) is 0 Å². The summed E-state index contributed by atoms with van der Waals surface area (Å²) in [5.41, 5.74) is 3.37. The molecule has 0 saturated carbocycles. The zero-order valence-electron chi connectivity index (χ0n) is 11.2. The van der Waals surface area contributed by atoms with Crippen LogP contribution in [-0.4, -0.2) is 13.3 Å². The minimum Gasteiger partial charge on any atom is -0.497 e. The summed E-state index contributed by atoms with van der Waals surface area (Å²) in [6.07, 6.45) is -0.0612. The normalized spacial score (nSPS) is 25.2. The van der Waals surface area contributed by atoms with Crippen LogP contribution in [0, 0.1) is 0 Å². The second kappa shape index (κ2) is 3.92. The summed E-state index contributed by atoms with van der Waals surface area (Å²) in [4.78, 5) is 0. The average Bonchev–Trinajstić information content (AvgIpc) is 2.88. The minimum absolute atomic E-state index is 0.0612. The third-order valence-corrected chi connectivity index (χ3v) is 4.84. The molecular formula is C16H14BrNO2. The van der Waals surface area contributed by atoms with Crippen LogP contribution in [0.15, 0.2) is 40.9 Å². The highest BCUT2D eigenvalue weighted by Crippen LogP contribution is 2.54. The zero-order chi connectivity index (χ0) is 13.9. The molecule has 20 heavy (non-hydrogen) atoms. The number of rotatable bonds is 1. The van der Waals surface area contributed by atoms with Crippen molar-refractivity contribution in [1.82, 2.24) is 0 Å². The van der Waals surface area contributed by atoms with Gasteiger partial charge in [0.1, 0.15) is 11.5 Å². The third-order valence-electron chi connectivity index (χ3n) is 4.34. The van der Waals surface area contributed by atoms with Gasteiger partial charge in [0.25, 0.3) is 0 Å². The van der Waals surface area contributed by atoms with Crippen LogP contribution < -0.4 is 14.8 Å². The van der Waals surface area contributed by atoms with Gasteiger partial charge in [-0.25, -0.2) is 0 Å². The van der Waals surface area contributed by atoms with Crippen molar-refractivity contribution in [2.24, 2.45) is 0 Å². The van der Waals surface area contributed by atoms with E-state index >= 15 is 0 Å². The van der Waals surface area contributed by atoms with E-state index in [1.54, 1.807) is 7.11 Å². The minimum atomic E-state index is -0.191. The van der Waals surface area contributed by atoms with Gasteiger partial charge in [-0.1, -0.05) is 15.9 Å². The molecule has 2 atom stereocenters. The Hall–Kier alpha value is -1.68. The van der Waals surface area contributed by atoms with E-state index in [0.717, 1.165) is 21.7 Å². The Morgan fingerprint density at radius 3 is 2.85 bits per heavy atom. The SMILES string of the molecule is COc1ccc2c(c1)[C@]1(C)c3cc(Br)ccc3N[C@@H]1O2.